The van der Waals surface area contributed by atoms with Crippen LogP contribution in [0.3, 0.4) is 0 Å². The van der Waals surface area contributed by atoms with Crippen LogP contribution in [0.15, 0.2) is 48.5 Å². The van der Waals surface area contributed by atoms with E-state index < -0.39 is 0 Å². The molecule has 2 aromatic rings. The normalized spacial score (nSPS) is 14.7. The van der Waals surface area contributed by atoms with Crippen molar-refractivity contribution in [2.75, 3.05) is 0 Å². The summed E-state index contributed by atoms with van der Waals surface area (Å²) in [6.07, 6.45) is 2.53. The van der Waals surface area contributed by atoms with Crippen LogP contribution < -0.4 is 5.32 Å². The Morgan fingerprint density at radius 3 is 2.56 bits per heavy atom. The maximum Gasteiger partial charge on any atom is 0.123 e. The zero-order chi connectivity index (χ0) is 12.4. The molecule has 0 amide bonds. The van der Waals surface area contributed by atoms with Crippen LogP contribution in [0.5, 0.6) is 0 Å². The predicted octanol–water partition coefficient (Wildman–Crippen LogP) is 3.74. The lowest BCUT2D eigenvalue weighted by Gasteiger charge is -2.11. The summed E-state index contributed by atoms with van der Waals surface area (Å²) in [6.45, 7) is 0.815. The van der Waals surface area contributed by atoms with Crippen molar-refractivity contribution >= 4 is 0 Å². The van der Waals surface area contributed by atoms with E-state index in [9.17, 15) is 4.39 Å². The molecule has 1 fully saturated rings. The largest absolute Gasteiger partial charge is 0.310 e. The van der Waals surface area contributed by atoms with Gasteiger partial charge in [-0.3, -0.25) is 0 Å². The molecule has 1 N–H and O–H groups in total. The lowest BCUT2D eigenvalue weighted by Crippen LogP contribution is -2.15. The SMILES string of the molecule is Fc1ccc(CNC2CC2)c(-c2ccccc2)c1. The lowest BCUT2D eigenvalue weighted by atomic mass is 9.99. The molecule has 2 heteroatoms. The highest BCUT2D eigenvalue weighted by Gasteiger charge is 2.20. The summed E-state index contributed by atoms with van der Waals surface area (Å²) >= 11 is 0. The van der Waals surface area contributed by atoms with E-state index >= 15 is 0 Å². The Bertz CT molecular complexity index is 532. The molecule has 0 spiro atoms. The van der Waals surface area contributed by atoms with Crippen LogP contribution in [0.1, 0.15) is 18.4 Å². The van der Waals surface area contributed by atoms with E-state index in [1.165, 1.54) is 18.9 Å². The van der Waals surface area contributed by atoms with E-state index in [1.807, 2.05) is 36.4 Å². The van der Waals surface area contributed by atoms with Gasteiger partial charge in [-0.25, -0.2) is 4.39 Å². The van der Waals surface area contributed by atoms with Gasteiger partial charge in [0.05, 0.1) is 0 Å². The molecule has 0 unspecified atom stereocenters. The van der Waals surface area contributed by atoms with E-state index in [0.29, 0.717) is 6.04 Å². The minimum atomic E-state index is -0.177. The Hall–Kier alpha value is -1.67. The molecular weight excluding hydrogens is 225 g/mol. The maximum atomic E-state index is 13.4. The second-order valence-electron chi connectivity index (χ2n) is 4.82. The van der Waals surface area contributed by atoms with E-state index in [4.69, 9.17) is 0 Å². The van der Waals surface area contributed by atoms with Crippen LogP contribution >= 0.6 is 0 Å². The fraction of sp³-hybridized carbons (Fsp3) is 0.250. The van der Waals surface area contributed by atoms with Crippen LogP contribution in [0.25, 0.3) is 11.1 Å². The van der Waals surface area contributed by atoms with E-state index in [1.54, 1.807) is 6.07 Å². The van der Waals surface area contributed by atoms with Gasteiger partial charge in [-0.15, -0.1) is 0 Å². The summed E-state index contributed by atoms with van der Waals surface area (Å²) in [5, 5.41) is 3.48. The van der Waals surface area contributed by atoms with Gasteiger partial charge in [0.2, 0.25) is 0 Å². The third-order valence-electron chi connectivity index (χ3n) is 3.32. The molecule has 1 nitrogen and oxygen atoms in total. The first-order valence-electron chi connectivity index (χ1n) is 6.40. The number of hydrogen-bond donors (Lipinski definition) is 1. The summed E-state index contributed by atoms with van der Waals surface area (Å²) in [5.41, 5.74) is 3.22. The van der Waals surface area contributed by atoms with Crippen molar-refractivity contribution in [1.29, 1.82) is 0 Å². The van der Waals surface area contributed by atoms with Gasteiger partial charge in [0.25, 0.3) is 0 Å². The van der Waals surface area contributed by atoms with Crippen molar-refractivity contribution in [1.82, 2.24) is 5.32 Å². The molecule has 0 heterocycles. The van der Waals surface area contributed by atoms with Crippen molar-refractivity contribution in [3.8, 4) is 11.1 Å². The quantitative estimate of drug-likeness (QED) is 0.859. The number of nitrogens with one attached hydrogen (secondary N) is 1. The van der Waals surface area contributed by atoms with Crippen molar-refractivity contribution in [2.45, 2.75) is 25.4 Å². The average molecular weight is 241 g/mol. The summed E-state index contributed by atoms with van der Waals surface area (Å²) in [5.74, 6) is -0.177. The topological polar surface area (TPSA) is 12.0 Å². The highest BCUT2D eigenvalue weighted by atomic mass is 19.1. The molecule has 0 atom stereocenters. The molecule has 0 aromatic heterocycles. The summed E-state index contributed by atoms with van der Waals surface area (Å²) < 4.78 is 13.4. The molecule has 1 saturated carbocycles. The summed E-state index contributed by atoms with van der Waals surface area (Å²) in [4.78, 5) is 0. The Morgan fingerprint density at radius 1 is 1.06 bits per heavy atom. The Labute approximate surface area is 107 Å². The second kappa shape index (κ2) is 4.91. The standard InChI is InChI=1S/C16H16FN/c17-14-7-6-13(11-18-15-8-9-15)16(10-14)12-4-2-1-3-5-12/h1-7,10,15,18H,8-9,11H2. The molecule has 0 bridgehead atoms. The minimum absolute atomic E-state index is 0.177. The zero-order valence-electron chi connectivity index (χ0n) is 10.2. The fourth-order valence-electron chi connectivity index (χ4n) is 2.13. The molecule has 2 aromatic carbocycles. The highest BCUT2D eigenvalue weighted by Crippen LogP contribution is 2.26. The predicted molar refractivity (Wildman–Crippen MR) is 71.7 cm³/mol. The number of benzene rings is 2. The van der Waals surface area contributed by atoms with Gasteiger partial charge in [-0.2, -0.15) is 0 Å². The Morgan fingerprint density at radius 2 is 1.83 bits per heavy atom. The molecule has 3 rings (SSSR count). The monoisotopic (exact) mass is 241 g/mol. The van der Waals surface area contributed by atoms with Gasteiger partial charge in [-0.05, 0) is 41.7 Å². The number of halogens is 1. The first kappa shape index (κ1) is 11.4. The van der Waals surface area contributed by atoms with E-state index in [2.05, 4.69) is 5.32 Å². The molecule has 1 aliphatic carbocycles. The van der Waals surface area contributed by atoms with Crippen molar-refractivity contribution in [2.24, 2.45) is 0 Å². The summed E-state index contributed by atoms with van der Waals surface area (Å²) in [6, 6.07) is 15.7. The Kier molecular flexibility index (Phi) is 3.11. The highest BCUT2D eigenvalue weighted by molar-refractivity contribution is 5.67. The third-order valence-corrected chi connectivity index (χ3v) is 3.32. The smallest absolute Gasteiger partial charge is 0.123 e. The van der Waals surface area contributed by atoms with Crippen LogP contribution in [-0.4, -0.2) is 6.04 Å². The molecular formula is C16H16FN. The van der Waals surface area contributed by atoms with Crippen LogP contribution in [0.4, 0.5) is 4.39 Å². The van der Waals surface area contributed by atoms with Crippen LogP contribution in [0.2, 0.25) is 0 Å². The molecule has 0 saturated heterocycles. The van der Waals surface area contributed by atoms with Gasteiger partial charge in [0.15, 0.2) is 0 Å². The number of rotatable bonds is 4. The molecule has 18 heavy (non-hydrogen) atoms. The molecule has 0 radical (unpaired) electrons. The average Bonchev–Trinajstić information content (AvgIpc) is 3.22. The lowest BCUT2D eigenvalue weighted by molar-refractivity contribution is 0.625. The first-order valence-corrected chi connectivity index (χ1v) is 6.40. The van der Waals surface area contributed by atoms with Crippen molar-refractivity contribution in [3.63, 3.8) is 0 Å². The van der Waals surface area contributed by atoms with Crippen LogP contribution in [-0.2, 0) is 6.54 Å². The van der Waals surface area contributed by atoms with Gasteiger partial charge in [0, 0.05) is 12.6 Å². The van der Waals surface area contributed by atoms with Crippen molar-refractivity contribution in [3.05, 3.63) is 59.9 Å². The maximum absolute atomic E-state index is 13.4. The summed E-state index contributed by atoms with van der Waals surface area (Å²) in [7, 11) is 0. The van der Waals surface area contributed by atoms with Gasteiger partial charge in [-0.1, -0.05) is 36.4 Å². The van der Waals surface area contributed by atoms with Crippen LogP contribution in [0, 0.1) is 5.82 Å². The first-order chi connectivity index (χ1) is 8.83. The van der Waals surface area contributed by atoms with E-state index in [0.717, 1.165) is 23.2 Å². The van der Waals surface area contributed by atoms with Gasteiger partial charge >= 0.3 is 0 Å². The Balaban J connectivity index is 1.92. The minimum Gasteiger partial charge on any atom is -0.310 e. The van der Waals surface area contributed by atoms with Gasteiger partial charge < -0.3 is 5.32 Å². The zero-order valence-corrected chi connectivity index (χ0v) is 10.2. The number of hydrogen-bond acceptors (Lipinski definition) is 1. The fourth-order valence-corrected chi connectivity index (χ4v) is 2.13. The van der Waals surface area contributed by atoms with Gasteiger partial charge in [0.1, 0.15) is 5.82 Å². The van der Waals surface area contributed by atoms with E-state index in [-0.39, 0.29) is 5.82 Å². The molecule has 0 aliphatic heterocycles. The second-order valence-corrected chi connectivity index (χ2v) is 4.82. The molecule has 92 valence electrons. The third kappa shape index (κ3) is 2.59. The molecule has 1 aliphatic rings. The van der Waals surface area contributed by atoms with Crippen molar-refractivity contribution < 1.29 is 4.39 Å².